The van der Waals surface area contributed by atoms with E-state index in [0.29, 0.717) is 17.1 Å². The summed E-state index contributed by atoms with van der Waals surface area (Å²) in [5, 5.41) is 7.41. The molecule has 0 saturated carbocycles. The number of rotatable bonds is 4. The number of thiazole rings is 1. The predicted octanol–water partition coefficient (Wildman–Crippen LogP) is 4.90. The first kappa shape index (κ1) is 15.2. The topological polar surface area (TPSA) is 51.2 Å². The molecule has 0 bridgehead atoms. The number of benzene rings is 1. The van der Waals surface area contributed by atoms with Gasteiger partial charge in [0.25, 0.3) is 5.91 Å². The Kier molecular flexibility index (Phi) is 4.56. The van der Waals surface area contributed by atoms with Gasteiger partial charge < -0.3 is 10.1 Å². The number of thiophene rings is 1. The molecule has 4 nitrogen and oxygen atoms in total. The van der Waals surface area contributed by atoms with E-state index in [4.69, 9.17) is 4.74 Å². The standard InChI is InChI=1S/C15H11BrN2O2S2/c1-20-12-5-3-2-4-10(12)17-14(19)11-8-22-15(18-11)13-6-9(16)7-21-13/h2-8H,1H3,(H,17,19). The summed E-state index contributed by atoms with van der Waals surface area (Å²) in [7, 11) is 1.57. The maximum Gasteiger partial charge on any atom is 0.275 e. The molecule has 7 heteroatoms. The second-order valence-electron chi connectivity index (χ2n) is 4.32. The number of methoxy groups -OCH3 is 1. The van der Waals surface area contributed by atoms with Gasteiger partial charge in [-0.2, -0.15) is 0 Å². The Hall–Kier alpha value is -1.70. The Labute approximate surface area is 143 Å². The van der Waals surface area contributed by atoms with Gasteiger partial charge in [0, 0.05) is 15.2 Å². The van der Waals surface area contributed by atoms with E-state index in [0.717, 1.165) is 14.4 Å². The first-order chi connectivity index (χ1) is 10.7. The second-order valence-corrected chi connectivity index (χ2v) is 7.01. The Morgan fingerprint density at radius 1 is 1.27 bits per heavy atom. The highest BCUT2D eigenvalue weighted by Crippen LogP contribution is 2.32. The lowest BCUT2D eigenvalue weighted by Crippen LogP contribution is -2.12. The highest BCUT2D eigenvalue weighted by molar-refractivity contribution is 9.10. The highest BCUT2D eigenvalue weighted by Gasteiger charge is 2.14. The van der Waals surface area contributed by atoms with E-state index in [1.807, 2.05) is 23.6 Å². The Morgan fingerprint density at radius 3 is 2.82 bits per heavy atom. The minimum Gasteiger partial charge on any atom is -0.495 e. The van der Waals surface area contributed by atoms with Crippen LogP contribution in [0.4, 0.5) is 5.69 Å². The lowest BCUT2D eigenvalue weighted by molar-refractivity contribution is 0.102. The lowest BCUT2D eigenvalue weighted by Gasteiger charge is -2.08. The quantitative estimate of drug-likeness (QED) is 0.684. The molecule has 0 radical (unpaired) electrons. The molecule has 1 aromatic carbocycles. The molecule has 112 valence electrons. The molecule has 2 aromatic heterocycles. The molecule has 0 aliphatic heterocycles. The van der Waals surface area contributed by atoms with E-state index < -0.39 is 0 Å². The number of carbonyl (C=O) groups is 1. The number of anilines is 1. The number of carbonyl (C=O) groups excluding carboxylic acids is 1. The molecule has 3 rings (SSSR count). The Bertz CT molecular complexity index is 813. The van der Waals surface area contributed by atoms with Crippen molar-refractivity contribution >= 4 is 50.2 Å². The number of nitrogens with zero attached hydrogens (tertiary/aromatic N) is 1. The van der Waals surface area contributed by atoms with Crippen LogP contribution >= 0.6 is 38.6 Å². The normalized spacial score (nSPS) is 10.5. The first-order valence-electron chi connectivity index (χ1n) is 6.31. The zero-order valence-electron chi connectivity index (χ0n) is 11.5. The summed E-state index contributed by atoms with van der Waals surface area (Å²) in [5.74, 6) is 0.371. The molecule has 0 aliphatic rings. The summed E-state index contributed by atoms with van der Waals surface area (Å²) in [6, 6.07) is 9.27. The van der Waals surface area contributed by atoms with Crippen molar-refractivity contribution in [1.82, 2.24) is 4.98 Å². The molecule has 0 fully saturated rings. The number of halogens is 1. The van der Waals surface area contributed by atoms with E-state index in [1.165, 1.54) is 11.3 Å². The zero-order chi connectivity index (χ0) is 15.5. The third-order valence-corrected chi connectivity index (χ3v) is 5.57. The number of para-hydroxylation sites is 2. The molecule has 2 heterocycles. The van der Waals surface area contributed by atoms with Gasteiger partial charge in [0.15, 0.2) is 0 Å². The van der Waals surface area contributed by atoms with Gasteiger partial charge in [0.2, 0.25) is 0 Å². The number of amides is 1. The SMILES string of the molecule is COc1ccccc1NC(=O)c1csc(-c2cc(Br)cs2)n1. The predicted molar refractivity (Wildman–Crippen MR) is 94.1 cm³/mol. The first-order valence-corrected chi connectivity index (χ1v) is 8.87. The third-order valence-electron chi connectivity index (χ3n) is 2.87. The molecule has 22 heavy (non-hydrogen) atoms. The summed E-state index contributed by atoms with van der Waals surface area (Å²) < 4.78 is 6.24. The molecule has 0 spiro atoms. The fraction of sp³-hybridized carbons (Fsp3) is 0.0667. The van der Waals surface area contributed by atoms with Crippen molar-refractivity contribution in [1.29, 1.82) is 0 Å². The fourth-order valence-electron chi connectivity index (χ4n) is 1.85. The van der Waals surface area contributed by atoms with Gasteiger partial charge in [-0.25, -0.2) is 4.98 Å². The molecule has 0 atom stereocenters. The Balaban J connectivity index is 1.80. The van der Waals surface area contributed by atoms with Crippen molar-refractivity contribution in [2.75, 3.05) is 12.4 Å². The summed E-state index contributed by atoms with van der Waals surface area (Å²) in [4.78, 5) is 17.7. The van der Waals surface area contributed by atoms with Crippen LogP contribution in [0.5, 0.6) is 5.75 Å². The molecule has 1 amide bonds. The molecule has 0 saturated heterocycles. The molecule has 0 unspecified atom stereocenters. The van der Waals surface area contributed by atoms with Crippen molar-refractivity contribution in [2.24, 2.45) is 0 Å². The number of ether oxygens (including phenoxy) is 1. The third kappa shape index (κ3) is 3.21. The van der Waals surface area contributed by atoms with Crippen molar-refractivity contribution in [3.05, 3.63) is 51.3 Å². The Morgan fingerprint density at radius 2 is 2.09 bits per heavy atom. The molecular weight excluding hydrogens is 384 g/mol. The number of nitrogens with one attached hydrogen (secondary N) is 1. The minimum atomic E-state index is -0.248. The average molecular weight is 395 g/mol. The summed E-state index contributed by atoms with van der Waals surface area (Å²) in [6.45, 7) is 0. The number of hydrogen-bond donors (Lipinski definition) is 1. The molecule has 3 aromatic rings. The van der Waals surface area contributed by atoms with Crippen molar-refractivity contribution in [3.63, 3.8) is 0 Å². The van der Waals surface area contributed by atoms with Crippen LogP contribution in [0.15, 0.2) is 45.6 Å². The van der Waals surface area contributed by atoms with Gasteiger partial charge in [0.05, 0.1) is 17.7 Å². The van der Waals surface area contributed by atoms with Crippen LogP contribution in [-0.4, -0.2) is 18.0 Å². The van der Waals surface area contributed by atoms with Crippen LogP contribution in [0.1, 0.15) is 10.5 Å². The zero-order valence-corrected chi connectivity index (χ0v) is 14.7. The van der Waals surface area contributed by atoms with Crippen LogP contribution in [0.2, 0.25) is 0 Å². The monoisotopic (exact) mass is 394 g/mol. The number of aromatic nitrogens is 1. The van der Waals surface area contributed by atoms with Gasteiger partial charge in [-0.15, -0.1) is 22.7 Å². The molecular formula is C15H11BrN2O2S2. The van der Waals surface area contributed by atoms with E-state index in [1.54, 1.807) is 36.0 Å². The van der Waals surface area contributed by atoms with Gasteiger partial charge in [-0.3, -0.25) is 4.79 Å². The van der Waals surface area contributed by atoms with E-state index >= 15 is 0 Å². The lowest BCUT2D eigenvalue weighted by atomic mass is 10.3. The van der Waals surface area contributed by atoms with Crippen LogP contribution in [0, 0.1) is 0 Å². The molecule has 1 N–H and O–H groups in total. The largest absolute Gasteiger partial charge is 0.495 e. The van der Waals surface area contributed by atoms with Gasteiger partial charge in [-0.05, 0) is 34.1 Å². The van der Waals surface area contributed by atoms with E-state index in [9.17, 15) is 4.79 Å². The maximum atomic E-state index is 12.3. The van der Waals surface area contributed by atoms with Gasteiger partial charge in [0.1, 0.15) is 16.5 Å². The van der Waals surface area contributed by atoms with Crippen LogP contribution in [0.3, 0.4) is 0 Å². The highest BCUT2D eigenvalue weighted by atomic mass is 79.9. The fourth-order valence-corrected chi connectivity index (χ4v) is 4.16. The smallest absolute Gasteiger partial charge is 0.275 e. The van der Waals surface area contributed by atoms with Crippen molar-refractivity contribution < 1.29 is 9.53 Å². The minimum absolute atomic E-state index is 0.248. The van der Waals surface area contributed by atoms with E-state index in [-0.39, 0.29) is 5.91 Å². The van der Waals surface area contributed by atoms with Crippen molar-refractivity contribution in [3.8, 4) is 15.6 Å². The summed E-state index contributed by atoms with van der Waals surface area (Å²) in [6.07, 6.45) is 0. The average Bonchev–Trinajstić information content (AvgIpc) is 3.16. The summed E-state index contributed by atoms with van der Waals surface area (Å²) in [5.41, 5.74) is 1.03. The van der Waals surface area contributed by atoms with Crippen LogP contribution < -0.4 is 10.1 Å². The van der Waals surface area contributed by atoms with Crippen molar-refractivity contribution in [2.45, 2.75) is 0 Å². The maximum absolute atomic E-state index is 12.3. The molecule has 0 aliphatic carbocycles. The van der Waals surface area contributed by atoms with Crippen LogP contribution in [0.25, 0.3) is 9.88 Å². The summed E-state index contributed by atoms with van der Waals surface area (Å²) >= 11 is 6.46. The van der Waals surface area contributed by atoms with Crippen LogP contribution in [-0.2, 0) is 0 Å². The van der Waals surface area contributed by atoms with Gasteiger partial charge in [-0.1, -0.05) is 12.1 Å². The number of hydrogen-bond acceptors (Lipinski definition) is 5. The van der Waals surface area contributed by atoms with E-state index in [2.05, 4.69) is 26.2 Å². The van der Waals surface area contributed by atoms with Gasteiger partial charge >= 0.3 is 0 Å². The second kappa shape index (κ2) is 6.60.